The Hall–Kier alpha value is -0.358. The van der Waals surface area contributed by atoms with Crippen molar-refractivity contribution >= 4 is 14.5 Å². The quantitative estimate of drug-likeness (QED) is 0.742. The summed E-state index contributed by atoms with van der Waals surface area (Å²) < 4.78 is 6.29. The van der Waals surface area contributed by atoms with E-state index >= 15 is 0 Å². The Labute approximate surface area is 103 Å². The fourth-order valence-electron chi connectivity index (χ4n) is 2.41. The summed E-state index contributed by atoms with van der Waals surface area (Å²) in [6, 6.07) is 4.24. The van der Waals surface area contributed by atoms with Crippen LogP contribution in [0.2, 0.25) is 10.6 Å². The molecule has 0 amide bonds. The lowest BCUT2D eigenvalue weighted by molar-refractivity contribution is 0.176. The summed E-state index contributed by atoms with van der Waals surface area (Å²) in [5, 5.41) is 2.46. The molecule has 0 fully saturated rings. The van der Waals surface area contributed by atoms with Crippen LogP contribution in [-0.2, 0) is 10.2 Å². The van der Waals surface area contributed by atoms with Crippen LogP contribution >= 0.6 is 0 Å². The number of pyridine rings is 1. The molecule has 0 spiro atoms. The van der Waals surface area contributed by atoms with Gasteiger partial charge in [0.05, 0.1) is 11.8 Å². The normalized spacial score (nSPS) is 19.2. The van der Waals surface area contributed by atoms with Crippen LogP contribution in [0.4, 0.5) is 0 Å². The Bertz CT molecular complexity index is 338. The molecule has 3 heteroatoms. The van der Waals surface area contributed by atoms with Gasteiger partial charge in [-0.2, -0.15) is 0 Å². The third-order valence-electron chi connectivity index (χ3n) is 3.41. The minimum Gasteiger partial charge on any atom is -0.494 e. The highest BCUT2D eigenvalue weighted by Gasteiger charge is 2.26. The summed E-state index contributed by atoms with van der Waals surface area (Å²) in [6.07, 6.45) is 5.77. The molecule has 0 N–H and O–H groups in total. The Morgan fingerprint density at radius 2 is 2.25 bits per heavy atom. The van der Waals surface area contributed by atoms with Crippen LogP contribution in [-0.4, -0.2) is 19.5 Å². The Balaban J connectivity index is 2.12. The van der Waals surface area contributed by atoms with E-state index in [1.807, 2.05) is 12.3 Å². The van der Waals surface area contributed by atoms with E-state index in [2.05, 4.69) is 24.9 Å². The molecule has 1 atom stereocenters. The third-order valence-corrected chi connectivity index (χ3v) is 5.95. The number of nitrogens with zero attached hydrogens (tertiary/aromatic N) is 1. The number of aryl methyl sites for hydroxylation is 1. The number of rotatable bonds is 4. The maximum atomic E-state index is 6.29. The molecule has 0 aliphatic heterocycles. The van der Waals surface area contributed by atoms with Crippen molar-refractivity contribution in [2.75, 3.05) is 0 Å². The first kappa shape index (κ1) is 12.1. The third kappa shape index (κ3) is 2.66. The lowest BCUT2D eigenvalue weighted by Crippen LogP contribution is -2.23. The van der Waals surface area contributed by atoms with Crippen LogP contribution in [0.3, 0.4) is 0 Å². The molecule has 1 aromatic rings. The predicted octanol–water partition coefficient (Wildman–Crippen LogP) is 3.51. The fourth-order valence-corrected chi connectivity index (χ4v) is 4.10. The first-order valence-electron chi connectivity index (χ1n) is 6.44. The highest BCUT2D eigenvalue weighted by atomic mass is 27.2. The molecule has 0 saturated heterocycles. The number of aromatic nitrogens is 1. The minimum absolute atomic E-state index is 0.293. The topological polar surface area (TPSA) is 22.1 Å². The molecule has 1 aliphatic rings. The summed E-state index contributed by atoms with van der Waals surface area (Å²) in [7, 11) is 0. The lowest BCUT2D eigenvalue weighted by atomic mass is 9.94. The molecule has 0 saturated carbocycles. The molecule has 1 unspecified atom stereocenters. The largest absolute Gasteiger partial charge is 0.494 e. The van der Waals surface area contributed by atoms with Gasteiger partial charge in [0.15, 0.2) is 0 Å². The summed E-state index contributed by atoms with van der Waals surface area (Å²) >= 11 is -0.964. The van der Waals surface area contributed by atoms with Gasteiger partial charge in [-0.25, -0.2) is 0 Å². The monoisotopic (exact) mass is 233 g/mol. The van der Waals surface area contributed by atoms with Gasteiger partial charge in [-0.3, -0.25) is 4.98 Å². The smallest absolute Gasteiger partial charge is 0.460 e. The van der Waals surface area contributed by atoms with Gasteiger partial charge >= 0.3 is 14.5 Å². The number of fused-ring (bicyclic) bond motifs is 1. The van der Waals surface area contributed by atoms with Crippen molar-refractivity contribution in [2.45, 2.75) is 49.8 Å². The number of hydrogen-bond acceptors (Lipinski definition) is 2. The highest BCUT2D eigenvalue weighted by molar-refractivity contribution is 6.51. The molecule has 1 aliphatic carbocycles. The Morgan fingerprint density at radius 3 is 3.00 bits per heavy atom. The zero-order chi connectivity index (χ0) is 11.4. The van der Waals surface area contributed by atoms with Gasteiger partial charge in [-0.05, 0) is 30.9 Å². The molecule has 0 bridgehead atoms. The second-order valence-electron chi connectivity index (χ2n) is 4.50. The molecule has 2 nitrogen and oxygen atoms in total. The van der Waals surface area contributed by atoms with Crippen LogP contribution < -0.4 is 0 Å². The van der Waals surface area contributed by atoms with E-state index in [0.717, 1.165) is 6.42 Å². The van der Waals surface area contributed by atoms with Crippen molar-refractivity contribution < 1.29 is 3.79 Å². The Morgan fingerprint density at radius 1 is 1.44 bits per heavy atom. The average Bonchev–Trinajstić information content (AvgIpc) is 2.36. The fraction of sp³-hybridized carbons (Fsp3) is 0.615. The first-order chi connectivity index (χ1) is 7.85. The Kier molecular flexibility index (Phi) is 4.40. The summed E-state index contributed by atoms with van der Waals surface area (Å²) in [4.78, 5) is 4.52. The molecule has 0 radical (unpaired) electrons. The number of hydrogen-bond donors (Lipinski definition) is 0. The second kappa shape index (κ2) is 5.82. The van der Waals surface area contributed by atoms with Gasteiger partial charge in [0.25, 0.3) is 0 Å². The van der Waals surface area contributed by atoms with Gasteiger partial charge in [0.2, 0.25) is 0 Å². The maximum absolute atomic E-state index is 6.29. The van der Waals surface area contributed by atoms with E-state index in [9.17, 15) is 0 Å². The molecule has 16 heavy (non-hydrogen) atoms. The molecule has 1 heterocycles. The zero-order valence-corrected chi connectivity index (χ0v) is 11.4. The lowest BCUT2D eigenvalue weighted by Gasteiger charge is -2.27. The van der Waals surface area contributed by atoms with Gasteiger partial charge in [0.1, 0.15) is 0 Å². The highest BCUT2D eigenvalue weighted by Crippen LogP contribution is 2.31. The maximum Gasteiger partial charge on any atom is 0.460 e. The molecular formula is C13H20AlNO. The SMILES string of the molecule is C[CH2][Al]([CH2]C)[O]C1CCCc2cccnc21. The van der Waals surface area contributed by atoms with Crippen molar-refractivity contribution in [3.05, 3.63) is 29.6 Å². The van der Waals surface area contributed by atoms with Gasteiger partial charge in [-0.1, -0.05) is 30.5 Å². The van der Waals surface area contributed by atoms with Gasteiger partial charge in [-0.15, -0.1) is 0 Å². The molecular weight excluding hydrogens is 213 g/mol. The van der Waals surface area contributed by atoms with E-state index in [1.54, 1.807) is 0 Å². The molecule has 2 rings (SSSR count). The average molecular weight is 233 g/mol. The van der Waals surface area contributed by atoms with Crippen LogP contribution in [0.5, 0.6) is 0 Å². The van der Waals surface area contributed by atoms with Crippen molar-refractivity contribution in [1.82, 2.24) is 4.98 Å². The zero-order valence-electron chi connectivity index (χ0n) is 10.3. The summed E-state index contributed by atoms with van der Waals surface area (Å²) in [5.74, 6) is 0. The van der Waals surface area contributed by atoms with Crippen molar-refractivity contribution in [1.29, 1.82) is 0 Å². The van der Waals surface area contributed by atoms with Gasteiger partial charge in [0, 0.05) is 6.20 Å². The van der Waals surface area contributed by atoms with Crippen LogP contribution in [0.1, 0.15) is 44.1 Å². The second-order valence-corrected chi connectivity index (χ2v) is 7.65. The predicted molar refractivity (Wildman–Crippen MR) is 67.7 cm³/mol. The van der Waals surface area contributed by atoms with Crippen molar-refractivity contribution in [3.63, 3.8) is 0 Å². The standard InChI is InChI=1S/C9H10NO.2C2H5.Al/c11-8-5-1-3-7-4-2-6-10-9(7)8;2*1-2;/h2,4,6,8H,1,3,5H2;2*1H2,2H3;/q-1;;;+1. The van der Waals surface area contributed by atoms with E-state index in [-0.39, 0.29) is 0 Å². The van der Waals surface area contributed by atoms with Gasteiger partial charge < -0.3 is 3.79 Å². The van der Waals surface area contributed by atoms with Crippen molar-refractivity contribution in [2.24, 2.45) is 0 Å². The van der Waals surface area contributed by atoms with Crippen molar-refractivity contribution in [3.8, 4) is 0 Å². The van der Waals surface area contributed by atoms with E-state index < -0.39 is 14.5 Å². The van der Waals surface area contributed by atoms with E-state index in [4.69, 9.17) is 3.79 Å². The molecule has 86 valence electrons. The van der Waals surface area contributed by atoms with E-state index in [0.29, 0.717) is 6.10 Å². The van der Waals surface area contributed by atoms with Crippen LogP contribution in [0.15, 0.2) is 18.3 Å². The molecule has 1 aromatic heterocycles. The first-order valence-corrected chi connectivity index (χ1v) is 8.54. The van der Waals surface area contributed by atoms with E-state index in [1.165, 1.54) is 34.7 Å². The summed E-state index contributed by atoms with van der Waals surface area (Å²) in [5.41, 5.74) is 2.62. The van der Waals surface area contributed by atoms with Crippen LogP contribution in [0, 0.1) is 0 Å². The molecule has 0 aromatic carbocycles. The summed E-state index contributed by atoms with van der Waals surface area (Å²) in [6.45, 7) is 4.51. The minimum atomic E-state index is -0.964. The van der Waals surface area contributed by atoms with Crippen LogP contribution in [0.25, 0.3) is 0 Å².